The first-order chi connectivity index (χ1) is 11.0. The number of halogens is 1. The Bertz CT molecular complexity index is 669. The molecule has 2 aromatic carbocycles. The summed E-state index contributed by atoms with van der Waals surface area (Å²) >= 11 is 5.85. The second kappa shape index (κ2) is 7.79. The van der Waals surface area contributed by atoms with Gasteiger partial charge in [-0.15, -0.1) is 0 Å². The predicted octanol–water partition coefficient (Wildman–Crippen LogP) is 3.93. The van der Waals surface area contributed by atoms with Gasteiger partial charge in [-0.1, -0.05) is 41.9 Å². The number of urea groups is 1. The number of Topliss-reactive ketones (excluding diaryl/α,β-unsaturated/α-hetero) is 1. The highest BCUT2D eigenvalue weighted by Crippen LogP contribution is 2.20. The Morgan fingerprint density at radius 3 is 2.22 bits per heavy atom. The molecule has 0 spiro atoms. The van der Waals surface area contributed by atoms with Crippen LogP contribution in [0.15, 0.2) is 54.6 Å². The second-order valence-corrected chi connectivity index (χ2v) is 5.88. The molecular weight excluding hydrogens is 312 g/mol. The van der Waals surface area contributed by atoms with Crippen LogP contribution >= 0.6 is 11.6 Å². The molecule has 0 fully saturated rings. The van der Waals surface area contributed by atoms with Crippen molar-refractivity contribution in [2.45, 2.75) is 12.5 Å². The number of nitrogens with zero attached hydrogens (tertiary/aromatic N) is 1. The number of benzene rings is 2. The number of hydrogen-bond acceptors (Lipinski definition) is 2. The van der Waals surface area contributed by atoms with Crippen molar-refractivity contribution in [3.63, 3.8) is 0 Å². The van der Waals surface area contributed by atoms with E-state index in [1.54, 1.807) is 38.4 Å². The Labute approximate surface area is 141 Å². The fraction of sp³-hybridized carbons (Fsp3) is 0.222. The third kappa shape index (κ3) is 4.83. The van der Waals surface area contributed by atoms with Gasteiger partial charge in [0.1, 0.15) is 0 Å². The van der Waals surface area contributed by atoms with Gasteiger partial charge in [-0.2, -0.15) is 0 Å². The van der Waals surface area contributed by atoms with Gasteiger partial charge >= 0.3 is 6.03 Å². The minimum atomic E-state index is -0.380. The summed E-state index contributed by atoms with van der Waals surface area (Å²) in [6.07, 6.45) is 0.186. The molecule has 0 radical (unpaired) electrons. The molecule has 5 heteroatoms. The third-order valence-corrected chi connectivity index (χ3v) is 3.71. The molecule has 0 aliphatic heterocycles. The van der Waals surface area contributed by atoms with Gasteiger partial charge < -0.3 is 10.2 Å². The lowest BCUT2D eigenvalue weighted by Gasteiger charge is -2.21. The second-order valence-electron chi connectivity index (χ2n) is 5.44. The van der Waals surface area contributed by atoms with Crippen molar-refractivity contribution in [2.24, 2.45) is 0 Å². The van der Waals surface area contributed by atoms with Gasteiger partial charge in [0.05, 0.1) is 6.04 Å². The molecular formula is C18H19ClN2O2. The topological polar surface area (TPSA) is 49.4 Å². The minimum Gasteiger partial charge on any atom is -0.331 e. The molecule has 0 aromatic heterocycles. The van der Waals surface area contributed by atoms with E-state index in [1.165, 1.54) is 4.90 Å². The summed E-state index contributed by atoms with van der Waals surface area (Å²) in [6.45, 7) is 0. The molecule has 0 aliphatic carbocycles. The van der Waals surface area contributed by atoms with Crippen molar-refractivity contribution in [3.05, 3.63) is 70.7 Å². The summed E-state index contributed by atoms with van der Waals surface area (Å²) in [5.74, 6) is -0.0467. The standard InChI is InChI=1S/C18H19ClN2O2/c1-21(2)18(23)20-16(13-6-4-3-5-7-13)12-17(22)14-8-10-15(19)11-9-14/h3-11,16H,12H2,1-2H3,(H,20,23). The molecule has 1 N–H and O–H groups in total. The van der Waals surface area contributed by atoms with Gasteiger partial charge in [0.15, 0.2) is 5.78 Å². The number of rotatable bonds is 5. The molecule has 4 nitrogen and oxygen atoms in total. The monoisotopic (exact) mass is 330 g/mol. The average Bonchev–Trinajstić information content (AvgIpc) is 2.55. The van der Waals surface area contributed by atoms with E-state index in [9.17, 15) is 9.59 Å². The van der Waals surface area contributed by atoms with E-state index in [0.717, 1.165) is 5.56 Å². The summed E-state index contributed by atoms with van der Waals surface area (Å²) in [5.41, 5.74) is 1.47. The maximum Gasteiger partial charge on any atom is 0.317 e. The zero-order chi connectivity index (χ0) is 16.8. The Morgan fingerprint density at radius 1 is 1.04 bits per heavy atom. The van der Waals surface area contributed by atoms with Gasteiger partial charge in [-0.05, 0) is 29.8 Å². The minimum absolute atomic E-state index is 0.0467. The number of ketones is 1. The average molecular weight is 331 g/mol. The molecule has 0 saturated heterocycles. The van der Waals surface area contributed by atoms with E-state index >= 15 is 0 Å². The van der Waals surface area contributed by atoms with Gasteiger partial charge in [-0.25, -0.2) is 4.79 Å². The van der Waals surface area contributed by atoms with Crippen molar-refractivity contribution in [2.75, 3.05) is 14.1 Å². The summed E-state index contributed by atoms with van der Waals surface area (Å²) in [6, 6.07) is 15.6. The number of hydrogen-bond donors (Lipinski definition) is 1. The first-order valence-electron chi connectivity index (χ1n) is 7.29. The Balaban J connectivity index is 2.18. The van der Waals surface area contributed by atoms with Crippen LogP contribution in [0.4, 0.5) is 4.79 Å². The zero-order valence-electron chi connectivity index (χ0n) is 13.1. The molecule has 120 valence electrons. The lowest BCUT2D eigenvalue weighted by molar-refractivity contribution is 0.0969. The SMILES string of the molecule is CN(C)C(=O)NC(CC(=O)c1ccc(Cl)cc1)c1ccccc1. The molecule has 0 heterocycles. The fourth-order valence-corrected chi connectivity index (χ4v) is 2.28. The van der Waals surface area contributed by atoms with Gasteiger partial charge in [0, 0.05) is 31.1 Å². The molecule has 0 saturated carbocycles. The van der Waals surface area contributed by atoms with Crippen LogP contribution in [0.3, 0.4) is 0 Å². The first kappa shape index (κ1) is 17.0. The smallest absolute Gasteiger partial charge is 0.317 e. The molecule has 1 atom stereocenters. The zero-order valence-corrected chi connectivity index (χ0v) is 13.9. The summed E-state index contributed by atoms with van der Waals surface area (Å²) in [4.78, 5) is 25.9. The van der Waals surface area contributed by atoms with Gasteiger partial charge in [0.2, 0.25) is 0 Å². The highest BCUT2D eigenvalue weighted by Gasteiger charge is 2.20. The van der Waals surface area contributed by atoms with Crippen molar-refractivity contribution < 1.29 is 9.59 Å². The third-order valence-electron chi connectivity index (χ3n) is 3.46. The van der Waals surface area contributed by atoms with Crippen LogP contribution in [0.1, 0.15) is 28.4 Å². The number of amides is 2. The van der Waals surface area contributed by atoms with Crippen molar-refractivity contribution in [3.8, 4) is 0 Å². The van der Waals surface area contributed by atoms with Crippen LogP contribution in [-0.4, -0.2) is 30.8 Å². The van der Waals surface area contributed by atoms with Crippen molar-refractivity contribution in [1.29, 1.82) is 0 Å². The van der Waals surface area contributed by atoms with Crippen molar-refractivity contribution in [1.82, 2.24) is 10.2 Å². The van der Waals surface area contributed by atoms with Crippen LogP contribution in [-0.2, 0) is 0 Å². The Morgan fingerprint density at radius 2 is 1.65 bits per heavy atom. The van der Waals surface area contributed by atoms with E-state index in [2.05, 4.69) is 5.32 Å². The summed E-state index contributed by atoms with van der Waals surface area (Å²) in [5, 5.41) is 3.47. The normalized spacial score (nSPS) is 11.6. The molecule has 2 aromatic rings. The first-order valence-corrected chi connectivity index (χ1v) is 7.66. The molecule has 1 unspecified atom stereocenters. The lowest BCUT2D eigenvalue weighted by Crippen LogP contribution is -2.37. The molecule has 0 aliphatic rings. The van der Waals surface area contributed by atoms with E-state index in [0.29, 0.717) is 10.6 Å². The molecule has 2 rings (SSSR count). The highest BCUT2D eigenvalue weighted by molar-refractivity contribution is 6.30. The number of carbonyl (C=O) groups excluding carboxylic acids is 2. The van der Waals surface area contributed by atoms with Gasteiger partial charge in [0.25, 0.3) is 0 Å². The summed E-state index contributed by atoms with van der Waals surface area (Å²) in [7, 11) is 3.33. The van der Waals surface area contributed by atoms with E-state index < -0.39 is 0 Å². The van der Waals surface area contributed by atoms with Crippen LogP contribution in [0.5, 0.6) is 0 Å². The van der Waals surface area contributed by atoms with E-state index in [-0.39, 0.29) is 24.3 Å². The van der Waals surface area contributed by atoms with Crippen LogP contribution in [0, 0.1) is 0 Å². The maximum absolute atomic E-state index is 12.5. The fourth-order valence-electron chi connectivity index (χ4n) is 2.15. The molecule has 0 bridgehead atoms. The maximum atomic E-state index is 12.5. The Kier molecular flexibility index (Phi) is 5.77. The number of carbonyl (C=O) groups is 2. The van der Waals surface area contributed by atoms with E-state index in [1.807, 2.05) is 30.3 Å². The summed E-state index contributed by atoms with van der Waals surface area (Å²) < 4.78 is 0. The molecule has 23 heavy (non-hydrogen) atoms. The van der Waals surface area contributed by atoms with E-state index in [4.69, 9.17) is 11.6 Å². The lowest BCUT2D eigenvalue weighted by atomic mass is 9.98. The van der Waals surface area contributed by atoms with Crippen molar-refractivity contribution >= 4 is 23.4 Å². The van der Waals surface area contributed by atoms with Crippen LogP contribution in [0.25, 0.3) is 0 Å². The highest BCUT2D eigenvalue weighted by atomic mass is 35.5. The van der Waals surface area contributed by atoms with Gasteiger partial charge in [-0.3, -0.25) is 4.79 Å². The number of nitrogens with one attached hydrogen (secondary N) is 1. The van der Waals surface area contributed by atoms with Crippen LogP contribution < -0.4 is 5.32 Å². The quantitative estimate of drug-likeness (QED) is 0.844. The Hall–Kier alpha value is -2.33. The molecule has 2 amide bonds. The van der Waals surface area contributed by atoms with Crippen LogP contribution in [0.2, 0.25) is 5.02 Å². The largest absolute Gasteiger partial charge is 0.331 e. The predicted molar refractivity (Wildman–Crippen MR) is 91.8 cm³/mol.